The van der Waals surface area contributed by atoms with E-state index in [4.69, 9.17) is 37.0 Å². The highest BCUT2D eigenvalue weighted by Crippen LogP contribution is 2.45. The van der Waals surface area contributed by atoms with Crippen LogP contribution in [0.5, 0.6) is 0 Å². The summed E-state index contributed by atoms with van der Waals surface area (Å²) in [7, 11) is -9.94. The predicted molar refractivity (Wildman–Crippen MR) is 386 cm³/mol. The van der Waals surface area contributed by atoms with E-state index in [-0.39, 0.29) is 25.7 Å². The lowest BCUT2D eigenvalue weighted by Crippen LogP contribution is -2.30. The fourth-order valence-corrected chi connectivity index (χ4v) is 12.2. The van der Waals surface area contributed by atoms with E-state index in [0.717, 1.165) is 128 Å². The zero-order valence-corrected chi connectivity index (χ0v) is 62.7. The maximum atomic E-state index is 13.1. The molecule has 0 spiro atoms. The van der Waals surface area contributed by atoms with Crippen molar-refractivity contribution < 1.29 is 80.2 Å². The summed E-state index contributed by atoms with van der Waals surface area (Å²) in [6.45, 7) is 9.41. The predicted octanol–water partition coefficient (Wildman–Crippen LogP) is 21.4. The Hall–Kier alpha value is -2.98. The van der Waals surface area contributed by atoms with Gasteiger partial charge in [-0.25, -0.2) is 9.13 Å². The van der Waals surface area contributed by atoms with Gasteiger partial charge in [0.25, 0.3) is 0 Å². The molecule has 0 bridgehead atoms. The number of phosphoric acid groups is 2. The Morgan fingerprint density at radius 3 is 0.853 bits per heavy atom. The van der Waals surface area contributed by atoms with Gasteiger partial charge >= 0.3 is 39.5 Å². The molecule has 0 aliphatic heterocycles. The maximum absolute atomic E-state index is 13.1. The quantitative estimate of drug-likeness (QED) is 0.0169. The second kappa shape index (κ2) is 66.9. The zero-order chi connectivity index (χ0) is 70.0. The van der Waals surface area contributed by atoms with E-state index in [1.54, 1.807) is 0 Å². The lowest BCUT2D eigenvalue weighted by molar-refractivity contribution is -0.161. The molecule has 556 valence electrons. The summed E-state index contributed by atoms with van der Waals surface area (Å²) in [5.74, 6) is -0.700. The van der Waals surface area contributed by atoms with Crippen LogP contribution >= 0.6 is 15.6 Å². The standard InChI is InChI=1S/C76H140O17P2/c1-7-9-11-13-15-17-19-21-23-25-31-35-41-48-54-60-75(80)92-71(64-86-73(78)58-52-46-40-34-30-28-27-29-33-38-44-50-56-68(3)4)66-90-94(82,83)88-62-70(77)63-89-95(84,85)91-67-72(65-87-74(79)59-53-47-43-37-39-45-51-57-69(5)6)93-76(81)61-55-49-42-36-32-26-24-22-20-18-16-14-12-10-8-2/h17-24,68-72,77H,7-16,25-67H2,1-6H3,(H,82,83)(H,84,85)/b19-17-,20-18-,23-21-,24-22-/t70?,71-,72-/m1/s1. The monoisotopic (exact) mass is 1390 g/mol. The first-order valence-corrected chi connectivity index (χ1v) is 41.1. The largest absolute Gasteiger partial charge is 0.472 e. The molecule has 95 heavy (non-hydrogen) atoms. The molecule has 19 heteroatoms. The van der Waals surface area contributed by atoms with Crippen LogP contribution in [0.4, 0.5) is 0 Å². The smallest absolute Gasteiger partial charge is 0.462 e. The van der Waals surface area contributed by atoms with Crippen LogP contribution in [0.15, 0.2) is 48.6 Å². The van der Waals surface area contributed by atoms with Crippen LogP contribution in [0.1, 0.15) is 343 Å². The number of aliphatic hydroxyl groups excluding tert-OH is 1. The van der Waals surface area contributed by atoms with E-state index in [2.05, 4.69) is 90.2 Å². The van der Waals surface area contributed by atoms with Crippen molar-refractivity contribution in [1.29, 1.82) is 0 Å². The van der Waals surface area contributed by atoms with Crippen LogP contribution in [-0.4, -0.2) is 96.7 Å². The maximum Gasteiger partial charge on any atom is 0.472 e. The van der Waals surface area contributed by atoms with Gasteiger partial charge in [0.2, 0.25) is 0 Å². The summed E-state index contributed by atoms with van der Waals surface area (Å²) in [6, 6.07) is 0. The number of phosphoric ester groups is 2. The molecule has 3 unspecified atom stereocenters. The normalized spacial score (nSPS) is 14.3. The molecule has 0 radical (unpaired) electrons. The minimum absolute atomic E-state index is 0.0816. The summed E-state index contributed by atoms with van der Waals surface area (Å²) in [5.41, 5.74) is 0. The third-order valence-corrected chi connectivity index (χ3v) is 18.4. The van der Waals surface area contributed by atoms with Crippen molar-refractivity contribution >= 4 is 39.5 Å². The van der Waals surface area contributed by atoms with Crippen LogP contribution < -0.4 is 0 Å². The number of esters is 4. The van der Waals surface area contributed by atoms with Gasteiger partial charge in [-0.3, -0.25) is 37.3 Å². The summed E-state index contributed by atoms with van der Waals surface area (Å²) in [5, 5.41) is 10.6. The first kappa shape index (κ1) is 92.0. The van der Waals surface area contributed by atoms with E-state index in [1.165, 1.54) is 128 Å². The number of hydrogen-bond acceptors (Lipinski definition) is 15. The minimum atomic E-state index is -4.97. The Labute approximate surface area is 578 Å². The Kier molecular flexibility index (Phi) is 64.8. The molecule has 17 nitrogen and oxygen atoms in total. The first-order valence-electron chi connectivity index (χ1n) is 38.1. The number of allylic oxidation sites excluding steroid dienone is 8. The molecule has 0 aromatic rings. The van der Waals surface area contributed by atoms with E-state index >= 15 is 0 Å². The van der Waals surface area contributed by atoms with Gasteiger partial charge in [-0.15, -0.1) is 0 Å². The SMILES string of the molecule is CCCCCC/C=C\C=C/CCCCCCCC(=O)O[C@H](COC(=O)CCCCCCCCCCCCCCC(C)C)COP(=O)(O)OCC(O)COP(=O)(O)OC[C@@H](COC(=O)CCCCCCCCCC(C)C)OC(=O)CCCCCCC/C=C\C=C/CCCCCC. The number of carbonyl (C=O) groups excluding carboxylic acids is 4. The van der Waals surface area contributed by atoms with Gasteiger partial charge in [0, 0.05) is 25.7 Å². The van der Waals surface area contributed by atoms with Crippen molar-refractivity contribution in [3.05, 3.63) is 48.6 Å². The second-order valence-electron chi connectivity index (χ2n) is 27.0. The third kappa shape index (κ3) is 69.3. The molecule has 0 fully saturated rings. The Bertz CT molecular complexity index is 2030. The Morgan fingerprint density at radius 2 is 0.568 bits per heavy atom. The molecular formula is C76H140O17P2. The van der Waals surface area contributed by atoms with Gasteiger partial charge in [0.15, 0.2) is 12.2 Å². The molecule has 0 saturated heterocycles. The highest BCUT2D eigenvalue weighted by molar-refractivity contribution is 7.47. The Balaban J connectivity index is 5.32. The first-order chi connectivity index (χ1) is 45.9. The lowest BCUT2D eigenvalue weighted by Gasteiger charge is -2.21. The summed E-state index contributed by atoms with van der Waals surface area (Å²) >= 11 is 0. The van der Waals surface area contributed by atoms with E-state index < -0.39 is 97.5 Å². The van der Waals surface area contributed by atoms with Crippen molar-refractivity contribution in [3.63, 3.8) is 0 Å². The van der Waals surface area contributed by atoms with Crippen LogP contribution in [0.2, 0.25) is 0 Å². The number of ether oxygens (including phenoxy) is 4. The Morgan fingerprint density at radius 1 is 0.326 bits per heavy atom. The van der Waals surface area contributed by atoms with Gasteiger partial charge in [-0.2, -0.15) is 0 Å². The molecule has 3 N–H and O–H groups in total. The summed E-state index contributed by atoms with van der Waals surface area (Å²) < 4.78 is 68.4. The van der Waals surface area contributed by atoms with Crippen molar-refractivity contribution in [1.82, 2.24) is 0 Å². The zero-order valence-electron chi connectivity index (χ0n) is 60.9. The average molecular weight is 1390 g/mol. The van der Waals surface area contributed by atoms with Crippen molar-refractivity contribution in [3.8, 4) is 0 Å². The minimum Gasteiger partial charge on any atom is -0.462 e. The molecule has 0 saturated carbocycles. The molecular weight excluding hydrogens is 1250 g/mol. The lowest BCUT2D eigenvalue weighted by atomic mass is 10.0. The van der Waals surface area contributed by atoms with Crippen molar-refractivity contribution in [2.45, 2.75) is 362 Å². The van der Waals surface area contributed by atoms with Crippen LogP contribution in [0, 0.1) is 11.8 Å². The number of carbonyl (C=O) groups is 4. The highest BCUT2D eigenvalue weighted by Gasteiger charge is 2.30. The van der Waals surface area contributed by atoms with E-state index in [9.17, 15) is 43.2 Å². The van der Waals surface area contributed by atoms with Crippen LogP contribution in [0.3, 0.4) is 0 Å². The molecule has 0 rings (SSSR count). The fraction of sp³-hybridized carbons (Fsp3) is 0.842. The van der Waals surface area contributed by atoms with Crippen LogP contribution in [-0.2, 0) is 65.4 Å². The summed E-state index contributed by atoms with van der Waals surface area (Å²) in [6.07, 6.45) is 59.9. The van der Waals surface area contributed by atoms with Gasteiger partial charge in [-0.1, -0.05) is 289 Å². The average Bonchev–Trinajstić information content (AvgIpc) is 3.05. The summed E-state index contributed by atoms with van der Waals surface area (Å²) in [4.78, 5) is 72.7. The molecule has 0 aromatic carbocycles. The number of hydrogen-bond donors (Lipinski definition) is 3. The molecule has 5 atom stereocenters. The fourth-order valence-electron chi connectivity index (χ4n) is 10.6. The molecule has 0 aromatic heterocycles. The molecule has 0 heterocycles. The number of rotatable bonds is 71. The van der Waals surface area contributed by atoms with Crippen LogP contribution in [0.25, 0.3) is 0 Å². The van der Waals surface area contributed by atoms with Gasteiger partial charge < -0.3 is 33.8 Å². The van der Waals surface area contributed by atoms with Gasteiger partial charge in [0.1, 0.15) is 19.3 Å². The topological polar surface area (TPSA) is 237 Å². The number of aliphatic hydroxyl groups is 1. The van der Waals surface area contributed by atoms with Gasteiger partial charge in [0.05, 0.1) is 26.4 Å². The van der Waals surface area contributed by atoms with E-state index in [0.29, 0.717) is 31.6 Å². The molecule has 0 amide bonds. The second-order valence-corrected chi connectivity index (χ2v) is 29.9. The highest BCUT2D eigenvalue weighted by atomic mass is 31.2. The van der Waals surface area contributed by atoms with Crippen molar-refractivity contribution in [2.75, 3.05) is 39.6 Å². The van der Waals surface area contributed by atoms with E-state index in [1.807, 2.05) is 0 Å². The molecule has 0 aliphatic carbocycles. The number of unbranched alkanes of at least 4 members (excludes halogenated alkanes) is 35. The van der Waals surface area contributed by atoms with Gasteiger partial charge in [-0.05, 0) is 88.9 Å². The third-order valence-electron chi connectivity index (χ3n) is 16.5. The van der Waals surface area contributed by atoms with Crippen molar-refractivity contribution in [2.24, 2.45) is 11.8 Å². The molecule has 0 aliphatic rings.